The van der Waals surface area contributed by atoms with Gasteiger partial charge >= 0.3 is 0 Å². The Morgan fingerprint density at radius 3 is 2.54 bits per heavy atom. The number of aryl methyl sites for hydroxylation is 1. The van der Waals surface area contributed by atoms with E-state index in [-0.39, 0.29) is 17.9 Å². The maximum Gasteiger partial charge on any atom is 0.221 e. The molecular weight excluding hydrogens is 330 g/mol. The van der Waals surface area contributed by atoms with Crippen LogP contribution >= 0.6 is 0 Å². The number of nitrogens with one attached hydrogen (secondary N) is 2. The van der Waals surface area contributed by atoms with E-state index in [1.54, 1.807) is 19.3 Å². The Labute approximate surface area is 155 Å². The standard InChI is InChI=1S/C19H29N5O2/c1-13-8-22-16(9-20-13)10-23-19(26)7-17-5-6-18(11-21-14(2)25)24(17)12-15-3-4-15/h8-9,15,17-18H,3-7,10-12H2,1-2H3,(H,21,25)(H,23,26)/t17-,18+/m0/s1. The molecule has 0 aromatic carbocycles. The van der Waals surface area contributed by atoms with Crippen LogP contribution in [0.3, 0.4) is 0 Å². The van der Waals surface area contributed by atoms with Crippen molar-refractivity contribution < 1.29 is 9.59 Å². The Balaban J connectivity index is 1.50. The molecule has 0 spiro atoms. The summed E-state index contributed by atoms with van der Waals surface area (Å²) < 4.78 is 0. The molecule has 1 saturated heterocycles. The first-order valence-electron chi connectivity index (χ1n) is 9.55. The zero-order valence-electron chi connectivity index (χ0n) is 15.7. The van der Waals surface area contributed by atoms with E-state index in [0.717, 1.165) is 36.7 Å². The predicted molar refractivity (Wildman–Crippen MR) is 98.2 cm³/mol. The highest BCUT2D eigenvalue weighted by atomic mass is 16.2. The Morgan fingerprint density at radius 2 is 1.88 bits per heavy atom. The first-order valence-corrected chi connectivity index (χ1v) is 9.55. The molecule has 2 N–H and O–H groups in total. The SMILES string of the molecule is CC(=O)NC[C@H]1CC[C@@H](CC(=O)NCc2cnc(C)cn2)N1CC1CC1. The number of aromatic nitrogens is 2. The number of carbonyl (C=O) groups is 2. The quantitative estimate of drug-likeness (QED) is 0.728. The first-order chi connectivity index (χ1) is 12.5. The van der Waals surface area contributed by atoms with Crippen molar-refractivity contribution >= 4 is 11.8 Å². The fourth-order valence-corrected chi connectivity index (χ4v) is 3.60. The van der Waals surface area contributed by atoms with Crippen LogP contribution in [0.2, 0.25) is 0 Å². The Morgan fingerprint density at radius 1 is 1.12 bits per heavy atom. The Kier molecular flexibility index (Phi) is 6.19. The van der Waals surface area contributed by atoms with Crippen LogP contribution in [0, 0.1) is 12.8 Å². The third-order valence-electron chi connectivity index (χ3n) is 5.25. The molecule has 26 heavy (non-hydrogen) atoms. The van der Waals surface area contributed by atoms with Crippen molar-refractivity contribution in [2.45, 2.75) is 64.6 Å². The van der Waals surface area contributed by atoms with Crippen LogP contribution in [0.25, 0.3) is 0 Å². The van der Waals surface area contributed by atoms with E-state index in [2.05, 4.69) is 25.5 Å². The van der Waals surface area contributed by atoms with Gasteiger partial charge in [0.15, 0.2) is 0 Å². The van der Waals surface area contributed by atoms with Gasteiger partial charge in [-0.2, -0.15) is 0 Å². The van der Waals surface area contributed by atoms with Crippen molar-refractivity contribution in [1.82, 2.24) is 25.5 Å². The second kappa shape index (κ2) is 8.58. The van der Waals surface area contributed by atoms with Crippen LogP contribution in [0.15, 0.2) is 12.4 Å². The van der Waals surface area contributed by atoms with Gasteiger partial charge in [0.05, 0.1) is 24.1 Å². The zero-order chi connectivity index (χ0) is 18.5. The number of rotatable bonds is 8. The lowest BCUT2D eigenvalue weighted by molar-refractivity contribution is -0.123. The largest absolute Gasteiger partial charge is 0.355 e. The summed E-state index contributed by atoms with van der Waals surface area (Å²) in [6, 6.07) is 0.610. The zero-order valence-corrected chi connectivity index (χ0v) is 15.7. The van der Waals surface area contributed by atoms with Crippen molar-refractivity contribution in [3.63, 3.8) is 0 Å². The molecule has 0 unspecified atom stereocenters. The summed E-state index contributed by atoms with van der Waals surface area (Å²) in [5.41, 5.74) is 1.64. The molecule has 1 aromatic rings. The molecule has 2 atom stereocenters. The number of amides is 2. The second-order valence-electron chi connectivity index (χ2n) is 7.59. The lowest BCUT2D eigenvalue weighted by Crippen LogP contribution is -2.45. The van der Waals surface area contributed by atoms with Crippen molar-refractivity contribution in [3.05, 3.63) is 23.8 Å². The lowest BCUT2D eigenvalue weighted by atomic mass is 10.1. The topological polar surface area (TPSA) is 87.2 Å². The number of likely N-dealkylation sites (tertiary alicyclic amines) is 1. The summed E-state index contributed by atoms with van der Waals surface area (Å²) in [6.07, 6.45) is 8.53. The highest BCUT2D eigenvalue weighted by Crippen LogP contribution is 2.35. The third kappa shape index (κ3) is 5.49. The van der Waals surface area contributed by atoms with E-state index >= 15 is 0 Å². The minimum Gasteiger partial charge on any atom is -0.355 e. The van der Waals surface area contributed by atoms with E-state index < -0.39 is 0 Å². The van der Waals surface area contributed by atoms with Gasteiger partial charge in [0.25, 0.3) is 0 Å². The van der Waals surface area contributed by atoms with Crippen molar-refractivity contribution in [2.75, 3.05) is 13.1 Å². The monoisotopic (exact) mass is 359 g/mol. The van der Waals surface area contributed by atoms with Crippen molar-refractivity contribution in [2.24, 2.45) is 5.92 Å². The molecular formula is C19H29N5O2. The maximum absolute atomic E-state index is 12.4. The van der Waals surface area contributed by atoms with Crippen molar-refractivity contribution in [3.8, 4) is 0 Å². The van der Waals surface area contributed by atoms with Crippen LogP contribution in [0.4, 0.5) is 0 Å². The molecule has 3 rings (SSSR count). The third-order valence-corrected chi connectivity index (χ3v) is 5.25. The van der Waals surface area contributed by atoms with Crippen molar-refractivity contribution in [1.29, 1.82) is 0 Å². The van der Waals surface area contributed by atoms with Gasteiger partial charge in [0, 0.05) is 44.7 Å². The van der Waals surface area contributed by atoms with Gasteiger partial charge in [0.2, 0.25) is 11.8 Å². The first kappa shape index (κ1) is 18.8. The molecule has 0 bridgehead atoms. The molecule has 1 aromatic heterocycles. The van der Waals surface area contributed by atoms with Gasteiger partial charge in [-0.3, -0.25) is 24.5 Å². The van der Waals surface area contributed by atoms with Gasteiger partial charge < -0.3 is 10.6 Å². The summed E-state index contributed by atoms with van der Waals surface area (Å²) >= 11 is 0. The molecule has 7 nitrogen and oxygen atoms in total. The molecule has 142 valence electrons. The van der Waals surface area contributed by atoms with Gasteiger partial charge in [-0.05, 0) is 38.5 Å². The molecule has 2 fully saturated rings. The summed E-state index contributed by atoms with van der Waals surface area (Å²) in [5.74, 6) is 0.830. The smallest absolute Gasteiger partial charge is 0.221 e. The second-order valence-corrected chi connectivity index (χ2v) is 7.59. The number of hydrogen-bond donors (Lipinski definition) is 2. The Bertz CT molecular complexity index is 629. The van der Waals surface area contributed by atoms with E-state index in [1.165, 1.54) is 12.8 Å². The molecule has 1 aliphatic heterocycles. The van der Waals surface area contributed by atoms with Crippen LogP contribution in [-0.4, -0.2) is 51.9 Å². The summed E-state index contributed by atoms with van der Waals surface area (Å²) in [5, 5.41) is 5.90. The summed E-state index contributed by atoms with van der Waals surface area (Å²) in [7, 11) is 0. The van der Waals surface area contributed by atoms with Gasteiger partial charge in [-0.1, -0.05) is 0 Å². The minimum atomic E-state index is 0.0109. The van der Waals surface area contributed by atoms with E-state index in [0.29, 0.717) is 25.6 Å². The predicted octanol–water partition coefficient (Wildman–Crippen LogP) is 1.17. The molecule has 2 aliphatic rings. The number of nitrogens with zero attached hydrogens (tertiary/aromatic N) is 3. The molecule has 2 heterocycles. The van der Waals surface area contributed by atoms with E-state index in [1.807, 2.05) is 6.92 Å². The Hall–Kier alpha value is -2.02. The highest BCUT2D eigenvalue weighted by molar-refractivity contribution is 5.76. The van der Waals surface area contributed by atoms with E-state index in [9.17, 15) is 9.59 Å². The molecule has 0 radical (unpaired) electrons. The molecule has 1 saturated carbocycles. The van der Waals surface area contributed by atoms with E-state index in [4.69, 9.17) is 0 Å². The lowest BCUT2D eigenvalue weighted by Gasteiger charge is -2.30. The number of hydrogen-bond acceptors (Lipinski definition) is 5. The molecule has 1 aliphatic carbocycles. The van der Waals surface area contributed by atoms with Crippen LogP contribution < -0.4 is 10.6 Å². The fraction of sp³-hybridized carbons (Fsp3) is 0.684. The van der Waals surface area contributed by atoms with Gasteiger partial charge in [0.1, 0.15) is 0 Å². The minimum absolute atomic E-state index is 0.0109. The molecule has 2 amide bonds. The highest BCUT2D eigenvalue weighted by Gasteiger charge is 2.37. The van der Waals surface area contributed by atoms with Crippen LogP contribution in [0.5, 0.6) is 0 Å². The molecule has 7 heteroatoms. The average Bonchev–Trinajstić information content (AvgIpc) is 3.35. The number of carbonyl (C=O) groups excluding carboxylic acids is 2. The summed E-state index contributed by atoms with van der Waals surface area (Å²) in [4.78, 5) is 34.6. The summed E-state index contributed by atoms with van der Waals surface area (Å²) in [6.45, 7) is 5.59. The van der Waals surface area contributed by atoms with Crippen LogP contribution in [-0.2, 0) is 16.1 Å². The normalized spacial score (nSPS) is 23.0. The fourth-order valence-electron chi connectivity index (χ4n) is 3.60. The van der Waals surface area contributed by atoms with Crippen LogP contribution in [0.1, 0.15) is 50.4 Å². The van der Waals surface area contributed by atoms with Gasteiger partial charge in [-0.15, -0.1) is 0 Å². The average molecular weight is 359 g/mol. The maximum atomic E-state index is 12.4. The van der Waals surface area contributed by atoms with Gasteiger partial charge in [-0.25, -0.2) is 0 Å².